The molecule has 2 atom stereocenters. The molecule has 22 heavy (non-hydrogen) atoms. The molecule has 0 aromatic carbocycles. The molecule has 0 unspecified atom stereocenters. The van der Waals surface area contributed by atoms with Crippen LogP contribution in [0, 0.1) is 0 Å². The van der Waals surface area contributed by atoms with Crippen molar-refractivity contribution in [2.24, 2.45) is 17.2 Å². The van der Waals surface area contributed by atoms with Crippen molar-refractivity contribution >= 4 is 29.6 Å². The summed E-state index contributed by atoms with van der Waals surface area (Å²) in [6.07, 6.45) is -0.643. The molecule has 0 radical (unpaired) electrons. The standard InChI is InChI=1S/C11H19N5O6/c12-5(1-2-7(13)17)10(20)15-4-9(19)16-6(11(21)22)3-8(14)18/h5-6H,1-4,12H2,(H2,13,17)(H2,14,18)(H,15,20)(H,16,19)(H,21,22)/t5-,6-/m0/s1. The number of carbonyl (C=O) groups excluding carboxylic acids is 4. The van der Waals surface area contributed by atoms with Gasteiger partial charge in [0.05, 0.1) is 19.0 Å². The quantitative estimate of drug-likeness (QED) is 0.236. The van der Waals surface area contributed by atoms with E-state index in [2.05, 4.69) is 5.32 Å². The van der Waals surface area contributed by atoms with Gasteiger partial charge in [-0.15, -0.1) is 0 Å². The van der Waals surface area contributed by atoms with E-state index in [9.17, 15) is 24.0 Å². The molecule has 0 aliphatic carbocycles. The molecule has 0 aromatic rings. The summed E-state index contributed by atoms with van der Waals surface area (Å²) in [6.45, 7) is -0.536. The van der Waals surface area contributed by atoms with Crippen molar-refractivity contribution in [3.05, 3.63) is 0 Å². The molecule has 11 nitrogen and oxygen atoms in total. The van der Waals surface area contributed by atoms with Crippen molar-refractivity contribution < 1.29 is 29.1 Å². The summed E-state index contributed by atoms with van der Waals surface area (Å²) in [6, 6.07) is -2.51. The average Bonchev–Trinajstić information content (AvgIpc) is 2.40. The second kappa shape index (κ2) is 9.28. The van der Waals surface area contributed by atoms with Crippen molar-refractivity contribution in [3.63, 3.8) is 0 Å². The average molecular weight is 317 g/mol. The van der Waals surface area contributed by atoms with Crippen LogP contribution in [0.3, 0.4) is 0 Å². The van der Waals surface area contributed by atoms with Crippen molar-refractivity contribution in [1.82, 2.24) is 10.6 Å². The van der Waals surface area contributed by atoms with Gasteiger partial charge in [0.25, 0.3) is 0 Å². The Morgan fingerprint density at radius 3 is 2.09 bits per heavy atom. The van der Waals surface area contributed by atoms with E-state index in [0.717, 1.165) is 0 Å². The van der Waals surface area contributed by atoms with Gasteiger partial charge in [0.15, 0.2) is 0 Å². The number of carbonyl (C=O) groups is 5. The first-order valence-corrected chi connectivity index (χ1v) is 6.25. The Morgan fingerprint density at radius 2 is 1.64 bits per heavy atom. The van der Waals surface area contributed by atoms with Crippen LogP contribution in [0.5, 0.6) is 0 Å². The minimum Gasteiger partial charge on any atom is -0.480 e. The van der Waals surface area contributed by atoms with Gasteiger partial charge >= 0.3 is 5.97 Å². The first-order valence-electron chi connectivity index (χ1n) is 6.25. The first kappa shape index (κ1) is 19.3. The van der Waals surface area contributed by atoms with Crippen LogP contribution < -0.4 is 27.8 Å². The van der Waals surface area contributed by atoms with Gasteiger partial charge in [0.2, 0.25) is 23.6 Å². The second-order valence-electron chi connectivity index (χ2n) is 4.46. The molecule has 0 spiro atoms. The Morgan fingerprint density at radius 1 is 1.05 bits per heavy atom. The smallest absolute Gasteiger partial charge is 0.326 e. The van der Waals surface area contributed by atoms with Crippen LogP contribution >= 0.6 is 0 Å². The summed E-state index contributed by atoms with van der Waals surface area (Å²) in [5.41, 5.74) is 15.2. The molecular weight excluding hydrogens is 298 g/mol. The summed E-state index contributed by atoms with van der Waals surface area (Å²) in [4.78, 5) is 55.0. The van der Waals surface area contributed by atoms with Crippen molar-refractivity contribution in [2.75, 3.05) is 6.54 Å². The Bertz CT molecular complexity index is 466. The summed E-state index contributed by atoms with van der Waals surface area (Å²) in [5.74, 6) is -4.47. The molecule has 11 heteroatoms. The molecule has 0 rings (SSSR count). The lowest BCUT2D eigenvalue weighted by Crippen LogP contribution is -2.49. The summed E-state index contributed by atoms with van der Waals surface area (Å²) in [5, 5.41) is 13.0. The molecule has 0 saturated carbocycles. The third kappa shape index (κ3) is 8.47. The van der Waals surface area contributed by atoms with Gasteiger partial charge in [-0.1, -0.05) is 0 Å². The first-order chi connectivity index (χ1) is 10.1. The van der Waals surface area contributed by atoms with Gasteiger partial charge in [-0.05, 0) is 6.42 Å². The molecule has 0 fully saturated rings. The Labute approximate surface area is 125 Å². The van der Waals surface area contributed by atoms with Gasteiger partial charge in [-0.2, -0.15) is 0 Å². The fourth-order valence-electron chi connectivity index (χ4n) is 1.37. The Balaban J connectivity index is 4.25. The van der Waals surface area contributed by atoms with Crippen LogP contribution in [0.2, 0.25) is 0 Å². The highest BCUT2D eigenvalue weighted by Crippen LogP contribution is 1.94. The van der Waals surface area contributed by atoms with Crippen LogP contribution in [0.15, 0.2) is 0 Å². The van der Waals surface area contributed by atoms with E-state index in [1.54, 1.807) is 0 Å². The minimum absolute atomic E-state index is 0.0161. The van der Waals surface area contributed by atoms with Crippen LogP contribution in [0.4, 0.5) is 0 Å². The number of hydrogen-bond donors (Lipinski definition) is 6. The van der Waals surface area contributed by atoms with Gasteiger partial charge < -0.3 is 32.9 Å². The number of amides is 4. The Hall–Kier alpha value is -2.69. The molecular formula is C11H19N5O6. The number of aliphatic carboxylic acids is 1. The van der Waals surface area contributed by atoms with Crippen LogP contribution in [-0.4, -0.2) is 53.3 Å². The molecule has 0 aromatic heterocycles. The number of primary amides is 2. The predicted octanol–water partition coefficient (Wildman–Crippen LogP) is -3.86. The van der Waals surface area contributed by atoms with E-state index in [1.807, 2.05) is 5.32 Å². The zero-order chi connectivity index (χ0) is 17.3. The maximum Gasteiger partial charge on any atom is 0.326 e. The van der Waals surface area contributed by atoms with E-state index < -0.39 is 54.6 Å². The van der Waals surface area contributed by atoms with E-state index in [0.29, 0.717) is 0 Å². The van der Waals surface area contributed by atoms with Gasteiger partial charge in [-0.25, -0.2) is 4.79 Å². The van der Waals surface area contributed by atoms with Crippen molar-refractivity contribution in [3.8, 4) is 0 Å². The normalized spacial score (nSPS) is 12.8. The molecule has 0 aliphatic rings. The number of carboxylic acids is 1. The largest absolute Gasteiger partial charge is 0.480 e. The number of nitrogens with one attached hydrogen (secondary N) is 2. The lowest BCUT2D eigenvalue weighted by Gasteiger charge is -2.14. The fraction of sp³-hybridized carbons (Fsp3) is 0.545. The maximum atomic E-state index is 11.5. The zero-order valence-electron chi connectivity index (χ0n) is 11.7. The monoisotopic (exact) mass is 317 g/mol. The third-order valence-corrected chi connectivity index (χ3v) is 2.50. The van der Waals surface area contributed by atoms with Crippen LogP contribution in [0.1, 0.15) is 19.3 Å². The maximum absolute atomic E-state index is 11.5. The lowest BCUT2D eigenvalue weighted by molar-refractivity contribution is -0.143. The number of nitrogens with two attached hydrogens (primary N) is 3. The molecule has 0 saturated heterocycles. The van der Waals surface area contributed by atoms with E-state index in [4.69, 9.17) is 22.3 Å². The second-order valence-corrected chi connectivity index (χ2v) is 4.46. The Kier molecular flexibility index (Phi) is 8.15. The highest BCUT2D eigenvalue weighted by molar-refractivity contribution is 5.91. The molecule has 0 heterocycles. The molecule has 0 bridgehead atoms. The molecule has 124 valence electrons. The van der Waals surface area contributed by atoms with Crippen molar-refractivity contribution in [2.45, 2.75) is 31.3 Å². The zero-order valence-corrected chi connectivity index (χ0v) is 11.7. The molecule has 0 aliphatic heterocycles. The SMILES string of the molecule is NC(=O)CC[C@H](N)C(=O)NCC(=O)N[C@@H](CC(N)=O)C(=O)O. The number of rotatable bonds is 10. The van der Waals surface area contributed by atoms with E-state index >= 15 is 0 Å². The number of carboxylic acid groups (broad SMARTS) is 1. The fourth-order valence-corrected chi connectivity index (χ4v) is 1.37. The van der Waals surface area contributed by atoms with E-state index in [1.165, 1.54) is 0 Å². The topological polar surface area (TPSA) is 208 Å². The summed E-state index contributed by atoms with van der Waals surface area (Å²) in [7, 11) is 0. The third-order valence-electron chi connectivity index (χ3n) is 2.50. The van der Waals surface area contributed by atoms with E-state index in [-0.39, 0.29) is 12.8 Å². The minimum atomic E-state index is -1.48. The summed E-state index contributed by atoms with van der Waals surface area (Å²) < 4.78 is 0. The lowest BCUT2D eigenvalue weighted by atomic mass is 10.1. The highest BCUT2D eigenvalue weighted by Gasteiger charge is 2.22. The van der Waals surface area contributed by atoms with Gasteiger partial charge in [0.1, 0.15) is 6.04 Å². The van der Waals surface area contributed by atoms with Crippen LogP contribution in [0.25, 0.3) is 0 Å². The van der Waals surface area contributed by atoms with Crippen molar-refractivity contribution in [1.29, 1.82) is 0 Å². The highest BCUT2D eigenvalue weighted by atomic mass is 16.4. The summed E-state index contributed by atoms with van der Waals surface area (Å²) >= 11 is 0. The van der Waals surface area contributed by atoms with Gasteiger partial charge in [0, 0.05) is 6.42 Å². The molecule has 4 amide bonds. The van der Waals surface area contributed by atoms with Crippen LogP contribution in [-0.2, 0) is 24.0 Å². The molecule has 9 N–H and O–H groups in total. The predicted molar refractivity (Wildman–Crippen MR) is 72.8 cm³/mol. The van der Waals surface area contributed by atoms with Gasteiger partial charge in [-0.3, -0.25) is 19.2 Å². The number of hydrogen-bond acceptors (Lipinski definition) is 6.